The van der Waals surface area contributed by atoms with Crippen LogP contribution in [-0.4, -0.2) is 38.9 Å². The van der Waals surface area contributed by atoms with Crippen LogP contribution in [0, 0.1) is 5.41 Å². The Kier molecular flexibility index (Phi) is 4.75. The van der Waals surface area contributed by atoms with Gasteiger partial charge in [-0.2, -0.15) is 0 Å². The highest BCUT2D eigenvalue weighted by Crippen LogP contribution is 2.26. The van der Waals surface area contributed by atoms with Gasteiger partial charge in [0.2, 0.25) is 0 Å². The fraction of sp³-hybridized carbons (Fsp3) is 0.375. The van der Waals surface area contributed by atoms with Crippen molar-refractivity contribution in [3.63, 3.8) is 0 Å². The third kappa shape index (κ3) is 4.16. The minimum atomic E-state index is -0.389. The normalized spacial score (nSPS) is 16.3. The van der Waals surface area contributed by atoms with E-state index in [4.69, 9.17) is 9.47 Å². The number of hydrogen-bond acceptors (Lipinski definition) is 5. The molecule has 1 heterocycles. The van der Waals surface area contributed by atoms with Gasteiger partial charge in [0.05, 0.1) is 25.9 Å². The standard InChI is InChI=1S/C16H18O5/c1-16(9-20-10-16)11-21-14(17)8-5-12-3-6-13(7-4-12)15(18)19-2/h3-8H,9-11H2,1-2H3/b8-5+. The number of carbonyl (C=O) groups excluding carboxylic acids is 2. The molecular formula is C16H18O5. The Morgan fingerprint density at radius 2 is 1.95 bits per heavy atom. The van der Waals surface area contributed by atoms with E-state index in [-0.39, 0.29) is 17.4 Å². The molecule has 5 nitrogen and oxygen atoms in total. The lowest BCUT2D eigenvalue weighted by atomic mass is 9.90. The second-order valence-corrected chi connectivity index (χ2v) is 5.36. The number of methoxy groups -OCH3 is 1. The molecule has 0 spiro atoms. The maximum atomic E-state index is 11.6. The van der Waals surface area contributed by atoms with Crippen molar-refractivity contribution in [1.82, 2.24) is 0 Å². The number of hydrogen-bond donors (Lipinski definition) is 0. The lowest BCUT2D eigenvalue weighted by molar-refractivity contribution is -0.160. The van der Waals surface area contributed by atoms with E-state index in [2.05, 4.69) is 4.74 Å². The third-order valence-corrected chi connectivity index (χ3v) is 3.21. The molecule has 1 aromatic carbocycles. The first kappa shape index (κ1) is 15.3. The quantitative estimate of drug-likeness (QED) is 0.613. The molecule has 21 heavy (non-hydrogen) atoms. The zero-order valence-corrected chi connectivity index (χ0v) is 12.1. The van der Waals surface area contributed by atoms with Crippen LogP contribution in [0.2, 0.25) is 0 Å². The van der Waals surface area contributed by atoms with Gasteiger partial charge < -0.3 is 14.2 Å². The largest absolute Gasteiger partial charge is 0.465 e. The fourth-order valence-electron chi connectivity index (χ4n) is 1.84. The Morgan fingerprint density at radius 1 is 1.29 bits per heavy atom. The Bertz CT molecular complexity index is 540. The summed E-state index contributed by atoms with van der Waals surface area (Å²) in [5, 5.41) is 0. The van der Waals surface area contributed by atoms with Crippen molar-refractivity contribution in [2.24, 2.45) is 5.41 Å². The van der Waals surface area contributed by atoms with Gasteiger partial charge in [-0.15, -0.1) is 0 Å². The molecule has 0 radical (unpaired) electrons. The predicted octanol–water partition coefficient (Wildman–Crippen LogP) is 2.07. The third-order valence-electron chi connectivity index (χ3n) is 3.21. The first-order chi connectivity index (χ1) is 10.0. The van der Waals surface area contributed by atoms with Gasteiger partial charge in [0.25, 0.3) is 0 Å². The van der Waals surface area contributed by atoms with E-state index in [9.17, 15) is 9.59 Å². The van der Waals surface area contributed by atoms with Crippen molar-refractivity contribution in [1.29, 1.82) is 0 Å². The van der Waals surface area contributed by atoms with Crippen molar-refractivity contribution in [2.45, 2.75) is 6.92 Å². The zero-order chi connectivity index (χ0) is 15.3. The Morgan fingerprint density at radius 3 is 2.48 bits per heavy atom. The number of carbonyl (C=O) groups is 2. The Labute approximate surface area is 123 Å². The smallest absolute Gasteiger partial charge is 0.337 e. The predicted molar refractivity (Wildman–Crippen MR) is 76.7 cm³/mol. The first-order valence-corrected chi connectivity index (χ1v) is 6.63. The van der Waals surface area contributed by atoms with E-state index >= 15 is 0 Å². The van der Waals surface area contributed by atoms with Crippen molar-refractivity contribution in [2.75, 3.05) is 26.9 Å². The van der Waals surface area contributed by atoms with E-state index in [0.717, 1.165) is 5.56 Å². The monoisotopic (exact) mass is 290 g/mol. The zero-order valence-electron chi connectivity index (χ0n) is 12.1. The minimum absolute atomic E-state index is 0.0499. The van der Waals surface area contributed by atoms with Crippen LogP contribution in [0.4, 0.5) is 0 Å². The summed E-state index contributed by atoms with van der Waals surface area (Å²) in [7, 11) is 1.33. The molecule has 5 heteroatoms. The molecule has 0 unspecified atom stereocenters. The summed E-state index contributed by atoms with van der Waals surface area (Å²) in [6, 6.07) is 6.75. The Balaban J connectivity index is 1.85. The maximum absolute atomic E-state index is 11.6. The van der Waals surface area contributed by atoms with Crippen LogP contribution < -0.4 is 0 Å². The van der Waals surface area contributed by atoms with E-state index in [1.165, 1.54) is 13.2 Å². The van der Waals surface area contributed by atoms with Crippen molar-refractivity contribution in [3.05, 3.63) is 41.5 Å². The molecular weight excluding hydrogens is 272 g/mol. The molecule has 1 fully saturated rings. The lowest BCUT2D eigenvalue weighted by Gasteiger charge is -2.36. The molecule has 1 aliphatic heterocycles. The van der Waals surface area contributed by atoms with Crippen molar-refractivity contribution in [3.8, 4) is 0 Å². The summed E-state index contributed by atoms with van der Waals surface area (Å²) < 4.78 is 14.9. The maximum Gasteiger partial charge on any atom is 0.337 e. The highest BCUT2D eigenvalue weighted by Gasteiger charge is 2.34. The average molecular weight is 290 g/mol. The molecule has 0 aromatic heterocycles. The average Bonchev–Trinajstić information content (AvgIpc) is 2.48. The van der Waals surface area contributed by atoms with Crippen LogP contribution >= 0.6 is 0 Å². The summed E-state index contributed by atoms with van der Waals surface area (Å²) >= 11 is 0. The molecule has 0 amide bonds. The molecule has 112 valence electrons. The molecule has 2 rings (SSSR count). The van der Waals surface area contributed by atoms with Gasteiger partial charge in [-0.3, -0.25) is 0 Å². The van der Waals surface area contributed by atoms with Gasteiger partial charge in [0.1, 0.15) is 6.61 Å². The second kappa shape index (κ2) is 6.54. The summed E-state index contributed by atoms with van der Waals surface area (Å²) in [6.45, 7) is 3.62. The van der Waals surface area contributed by atoms with Crippen molar-refractivity contribution < 1.29 is 23.8 Å². The molecule has 1 aliphatic rings. The summed E-state index contributed by atoms with van der Waals surface area (Å²) in [5.41, 5.74) is 1.22. The molecule has 1 saturated heterocycles. The van der Waals surface area contributed by atoms with Crippen molar-refractivity contribution >= 4 is 18.0 Å². The lowest BCUT2D eigenvalue weighted by Crippen LogP contribution is -2.43. The van der Waals surface area contributed by atoms with E-state index < -0.39 is 0 Å². The highest BCUT2D eigenvalue weighted by atomic mass is 16.5. The molecule has 1 aromatic rings. The van der Waals surface area contributed by atoms with Gasteiger partial charge in [0.15, 0.2) is 0 Å². The van der Waals surface area contributed by atoms with Crippen LogP contribution in [0.3, 0.4) is 0 Å². The van der Waals surface area contributed by atoms with Crippen LogP contribution in [0.25, 0.3) is 6.08 Å². The first-order valence-electron chi connectivity index (χ1n) is 6.63. The van der Waals surface area contributed by atoms with Gasteiger partial charge in [0, 0.05) is 11.5 Å². The van der Waals surface area contributed by atoms with Gasteiger partial charge in [-0.1, -0.05) is 19.1 Å². The molecule has 0 N–H and O–H groups in total. The molecule has 0 bridgehead atoms. The van der Waals surface area contributed by atoms with Gasteiger partial charge >= 0.3 is 11.9 Å². The SMILES string of the molecule is COC(=O)c1ccc(/C=C/C(=O)OCC2(C)COC2)cc1. The van der Waals surface area contributed by atoms with Gasteiger partial charge in [-0.25, -0.2) is 9.59 Å². The summed E-state index contributed by atoms with van der Waals surface area (Å²) in [6.07, 6.45) is 3.01. The minimum Gasteiger partial charge on any atom is -0.465 e. The number of benzene rings is 1. The number of esters is 2. The van der Waals surface area contributed by atoms with Crippen LogP contribution in [-0.2, 0) is 19.0 Å². The van der Waals surface area contributed by atoms with E-state index in [1.54, 1.807) is 30.3 Å². The summed E-state index contributed by atoms with van der Waals surface area (Å²) in [5.74, 6) is -0.777. The number of ether oxygens (including phenoxy) is 3. The molecule has 0 saturated carbocycles. The summed E-state index contributed by atoms with van der Waals surface area (Å²) in [4.78, 5) is 22.9. The van der Waals surface area contributed by atoms with E-state index in [1.807, 2.05) is 6.92 Å². The van der Waals surface area contributed by atoms with Crippen LogP contribution in [0.5, 0.6) is 0 Å². The van der Waals surface area contributed by atoms with Crippen LogP contribution in [0.1, 0.15) is 22.8 Å². The van der Waals surface area contributed by atoms with Gasteiger partial charge in [-0.05, 0) is 23.8 Å². The topological polar surface area (TPSA) is 61.8 Å². The Hall–Kier alpha value is -2.14. The molecule has 0 aliphatic carbocycles. The fourth-order valence-corrected chi connectivity index (χ4v) is 1.84. The van der Waals surface area contributed by atoms with Crippen LogP contribution in [0.15, 0.2) is 30.3 Å². The van der Waals surface area contributed by atoms with E-state index in [0.29, 0.717) is 25.4 Å². The highest BCUT2D eigenvalue weighted by molar-refractivity contribution is 5.90. The molecule has 0 atom stereocenters. The number of rotatable bonds is 5. The second-order valence-electron chi connectivity index (χ2n) is 5.36.